The van der Waals surface area contributed by atoms with Gasteiger partial charge in [0.25, 0.3) is 5.91 Å². The average molecular weight is 350 g/mol. The lowest BCUT2D eigenvalue weighted by Gasteiger charge is -2.32. The lowest BCUT2D eigenvalue weighted by atomic mass is 9.95. The summed E-state index contributed by atoms with van der Waals surface area (Å²) in [6.45, 7) is 1.10. The van der Waals surface area contributed by atoms with Crippen LogP contribution in [0, 0.1) is 5.92 Å². The highest BCUT2D eigenvalue weighted by Gasteiger charge is 2.40. The van der Waals surface area contributed by atoms with Crippen LogP contribution in [0.15, 0.2) is 54.6 Å². The number of para-hydroxylation sites is 1. The van der Waals surface area contributed by atoms with Gasteiger partial charge in [-0.15, -0.1) is 0 Å². The highest BCUT2D eigenvalue weighted by Crippen LogP contribution is 2.29. The minimum atomic E-state index is -0.0774. The zero-order valence-electron chi connectivity index (χ0n) is 14.8. The van der Waals surface area contributed by atoms with E-state index in [0.717, 1.165) is 18.6 Å². The second-order valence-corrected chi connectivity index (χ2v) is 7.03. The number of ether oxygens (including phenoxy) is 1. The molecule has 0 spiro atoms. The lowest BCUT2D eigenvalue weighted by Crippen LogP contribution is -2.45. The molecular weight excluding hydrogens is 328 g/mol. The first-order chi connectivity index (χ1) is 12.6. The van der Waals surface area contributed by atoms with Crippen molar-refractivity contribution in [3.05, 3.63) is 60.2 Å². The highest BCUT2D eigenvalue weighted by atomic mass is 16.5. The molecule has 0 saturated carbocycles. The van der Waals surface area contributed by atoms with E-state index >= 15 is 0 Å². The van der Waals surface area contributed by atoms with E-state index in [2.05, 4.69) is 0 Å². The summed E-state index contributed by atoms with van der Waals surface area (Å²) in [5.41, 5.74) is 0.592. The van der Waals surface area contributed by atoms with Gasteiger partial charge in [-0.05, 0) is 43.2 Å². The van der Waals surface area contributed by atoms with Crippen LogP contribution in [-0.4, -0.2) is 47.8 Å². The van der Waals surface area contributed by atoms with Gasteiger partial charge in [-0.3, -0.25) is 9.59 Å². The Labute approximate surface area is 153 Å². The molecular formula is C21H22N2O3. The molecule has 5 rings (SSSR count). The van der Waals surface area contributed by atoms with Gasteiger partial charge in [0.05, 0.1) is 5.92 Å². The number of carbonyl (C=O) groups is 2. The van der Waals surface area contributed by atoms with E-state index in [1.807, 2.05) is 59.3 Å². The van der Waals surface area contributed by atoms with Crippen LogP contribution in [-0.2, 0) is 4.79 Å². The smallest absolute Gasteiger partial charge is 0.254 e. The highest BCUT2D eigenvalue weighted by molar-refractivity contribution is 5.95. The normalized spacial score (nSPS) is 22.3. The van der Waals surface area contributed by atoms with Gasteiger partial charge in [0.1, 0.15) is 11.5 Å². The number of benzene rings is 2. The number of hydrogen-bond donors (Lipinski definition) is 0. The zero-order valence-corrected chi connectivity index (χ0v) is 14.8. The van der Waals surface area contributed by atoms with Crippen LogP contribution >= 0.6 is 0 Å². The Bertz CT molecular complexity index is 821. The molecule has 26 heavy (non-hydrogen) atoms. The third-order valence-corrected chi connectivity index (χ3v) is 5.31. The summed E-state index contributed by atoms with van der Waals surface area (Å²) in [6.07, 6.45) is 1.84. The second-order valence-electron chi connectivity index (χ2n) is 7.03. The molecule has 3 aliphatic heterocycles. The van der Waals surface area contributed by atoms with Gasteiger partial charge >= 0.3 is 0 Å². The Balaban J connectivity index is 1.53. The number of amides is 2. The third kappa shape index (κ3) is 3.17. The van der Waals surface area contributed by atoms with Gasteiger partial charge in [-0.2, -0.15) is 0 Å². The molecule has 3 heterocycles. The van der Waals surface area contributed by atoms with Crippen LogP contribution in [0.5, 0.6) is 11.5 Å². The van der Waals surface area contributed by atoms with Crippen molar-refractivity contribution in [1.29, 1.82) is 0 Å². The molecule has 0 radical (unpaired) electrons. The van der Waals surface area contributed by atoms with Gasteiger partial charge in [-0.1, -0.05) is 24.3 Å². The molecule has 0 N–H and O–H groups in total. The van der Waals surface area contributed by atoms with Crippen LogP contribution in [0.2, 0.25) is 0 Å². The molecule has 3 aliphatic rings. The minimum absolute atomic E-state index is 0.0384. The molecule has 0 unspecified atom stereocenters. The van der Waals surface area contributed by atoms with Crippen molar-refractivity contribution < 1.29 is 14.3 Å². The van der Waals surface area contributed by atoms with Crippen molar-refractivity contribution in [1.82, 2.24) is 9.80 Å². The summed E-state index contributed by atoms with van der Waals surface area (Å²) < 4.78 is 5.84. The van der Waals surface area contributed by atoms with E-state index in [0.29, 0.717) is 24.4 Å². The van der Waals surface area contributed by atoms with Crippen molar-refractivity contribution in [2.24, 2.45) is 5.92 Å². The molecule has 0 aliphatic carbocycles. The summed E-state index contributed by atoms with van der Waals surface area (Å²) in [6, 6.07) is 16.9. The van der Waals surface area contributed by atoms with E-state index in [9.17, 15) is 9.59 Å². The quantitative estimate of drug-likeness (QED) is 0.854. The Kier molecular flexibility index (Phi) is 4.37. The van der Waals surface area contributed by atoms with Crippen LogP contribution in [0.4, 0.5) is 0 Å². The number of fused-ring (bicyclic) bond motifs is 4. The van der Waals surface area contributed by atoms with Crippen molar-refractivity contribution in [3.8, 4) is 11.5 Å². The van der Waals surface area contributed by atoms with Crippen molar-refractivity contribution in [3.63, 3.8) is 0 Å². The maximum absolute atomic E-state index is 13.0. The van der Waals surface area contributed by atoms with Gasteiger partial charge in [-0.25, -0.2) is 0 Å². The molecule has 2 amide bonds. The summed E-state index contributed by atoms with van der Waals surface area (Å²) >= 11 is 0. The number of likely N-dealkylation sites (N-methyl/N-ethyl adjacent to an activating group) is 1. The van der Waals surface area contributed by atoms with Crippen LogP contribution in [0.25, 0.3) is 0 Å². The second kappa shape index (κ2) is 6.83. The summed E-state index contributed by atoms with van der Waals surface area (Å²) in [7, 11) is 1.85. The Morgan fingerprint density at radius 2 is 1.77 bits per heavy atom. The third-order valence-electron chi connectivity index (χ3n) is 5.31. The first-order valence-electron chi connectivity index (χ1n) is 9.01. The predicted molar refractivity (Wildman–Crippen MR) is 98.1 cm³/mol. The lowest BCUT2D eigenvalue weighted by molar-refractivity contribution is -0.138. The Hall–Kier alpha value is -2.82. The Morgan fingerprint density at radius 1 is 1.00 bits per heavy atom. The first-order valence-corrected chi connectivity index (χ1v) is 9.01. The fourth-order valence-corrected chi connectivity index (χ4v) is 3.82. The molecule has 2 bridgehead atoms. The monoisotopic (exact) mass is 350 g/mol. The molecule has 2 atom stereocenters. The van der Waals surface area contributed by atoms with Gasteiger partial charge in [0.2, 0.25) is 5.91 Å². The van der Waals surface area contributed by atoms with Crippen LogP contribution in [0.3, 0.4) is 0 Å². The predicted octanol–water partition coefficient (Wildman–Crippen LogP) is 3.17. The van der Waals surface area contributed by atoms with Crippen molar-refractivity contribution >= 4 is 11.8 Å². The number of piperidine rings is 1. The van der Waals surface area contributed by atoms with E-state index < -0.39 is 0 Å². The number of carbonyl (C=O) groups excluding carboxylic acids is 2. The topological polar surface area (TPSA) is 49.9 Å². The largest absolute Gasteiger partial charge is 0.457 e. The van der Waals surface area contributed by atoms with Crippen LogP contribution in [0.1, 0.15) is 23.2 Å². The average Bonchev–Trinajstić information content (AvgIpc) is 2.95. The molecule has 5 nitrogen and oxygen atoms in total. The van der Waals surface area contributed by atoms with E-state index in [4.69, 9.17) is 4.74 Å². The van der Waals surface area contributed by atoms with Crippen molar-refractivity contribution in [2.45, 2.75) is 18.9 Å². The summed E-state index contributed by atoms with van der Waals surface area (Å²) in [4.78, 5) is 29.0. The molecule has 134 valence electrons. The molecule has 2 aromatic carbocycles. The molecule has 2 aromatic rings. The Morgan fingerprint density at radius 3 is 2.58 bits per heavy atom. The fourth-order valence-electron chi connectivity index (χ4n) is 3.82. The molecule has 3 fully saturated rings. The number of nitrogens with zero attached hydrogens (tertiary/aromatic N) is 2. The van der Waals surface area contributed by atoms with Gasteiger partial charge in [0, 0.05) is 31.7 Å². The molecule has 3 saturated heterocycles. The van der Waals surface area contributed by atoms with E-state index in [-0.39, 0.29) is 23.8 Å². The van der Waals surface area contributed by atoms with Crippen LogP contribution < -0.4 is 4.74 Å². The summed E-state index contributed by atoms with van der Waals surface area (Å²) in [5, 5.41) is 0. The van der Waals surface area contributed by atoms with E-state index in [1.54, 1.807) is 12.1 Å². The number of hydrogen-bond acceptors (Lipinski definition) is 3. The maximum Gasteiger partial charge on any atom is 0.254 e. The summed E-state index contributed by atoms with van der Waals surface area (Å²) in [5.74, 6) is 1.41. The van der Waals surface area contributed by atoms with E-state index in [1.165, 1.54) is 0 Å². The first kappa shape index (κ1) is 16.6. The molecule has 5 heteroatoms. The minimum Gasteiger partial charge on any atom is -0.457 e. The number of rotatable bonds is 3. The van der Waals surface area contributed by atoms with Gasteiger partial charge in [0.15, 0.2) is 0 Å². The SMILES string of the molecule is CN1C(=O)[C@H]2CC[C@@H]1CN(C(=O)c1cccc(Oc3ccccc3)c1)C2. The zero-order chi connectivity index (χ0) is 18.1. The fraction of sp³-hybridized carbons (Fsp3) is 0.333. The van der Waals surface area contributed by atoms with Crippen molar-refractivity contribution in [2.75, 3.05) is 20.1 Å². The maximum atomic E-state index is 13.0. The van der Waals surface area contributed by atoms with Gasteiger partial charge < -0.3 is 14.5 Å². The standard InChI is InChI=1S/C21H22N2O3/c1-22-17-11-10-16(20(22)24)13-23(14-17)21(25)15-6-5-9-19(12-15)26-18-7-3-2-4-8-18/h2-9,12,16-17H,10-11,13-14H2,1H3/t16-,17+/m0/s1. The molecule has 0 aromatic heterocycles.